The molecule has 0 aliphatic carbocycles. The summed E-state index contributed by atoms with van der Waals surface area (Å²) < 4.78 is 12.4. The number of hydroxylamine groups is 1. The normalized spacial score (nSPS) is 19.1. The van der Waals surface area contributed by atoms with E-state index in [9.17, 15) is 4.79 Å². The van der Waals surface area contributed by atoms with Gasteiger partial charge in [0, 0.05) is 17.3 Å². The molecule has 1 aliphatic rings. The van der Waals surface area contributed by atoms with Gasteiger partial charge in [-0.3, -0.25) is 9.63 Å². The molecule has 1 fully saturated rings. The van der Waals surface area contributed by atoms with Gasteiger partial charge in [-0.2, -0.15) is 0 Å². The van der Waals surface area contributed by atoms with Crippen LogP contribution in [0.5, 0.6) is 0 Å². The zero-order chi connectivity index (χ0) is 20.1. The molecule has 0 spiro atoms. The average molecular weight is 396 g/mol. The number of amides is 1. The van der Waals surface area contributed by atoms with Crippen molar-refractivity contribution in [2.75, 3.05) is 6.61 Å². The molecule has 1 saturated heterocycles. The molecule has 1 aliphatic heterocycles. The second-order valence-electron chi connectivity index (χ2n) is 8.10. The zero-order valence-corrected chi connectivity index (χ0v) is 17.8. The molecule has 1 aromatic rings. The maximum absolute atomic E-state index is 11.4. The highest BCUT2D eigenvalue weighted by Gasteiger charge is 2.53. The molecule has 1 aromatic carbocycles. The molecule has 150 valence electrons. The summed E-state index contributed by atoms with van der Waals surface area (Å²) in [6, 6.07) is 7.91. The monoisotopic (exact) mass is 395 g/mol. The van der Waals surface area contributed by atoms with Crippen LogP contribution < -0.4 is 5.48 Å². The Bertz CT molecular complexity index is 622. The van der Waals surface area contributed by atoms with E-state index in [-0.39, 0.29) is 18.8 Å². The van der Waals surface area contributed by atoms with Gasteiger partial charge in [-0.05, 0) is 64.7 Å². The SMILES string of the molecule is CCC(=O)NOC[C@@H](CCCc1cccc(Cl)c1)B1OC(C)(C)C(C)(C)O1. The van der Waals surface area contributed by atoms with Crippen molar-refractivity contribution in [1.29, 1.82) is 0 Å². The molecule has 0 aromatic heterocycles. The van der Waals surface area contributed by atoms with Crippen LogP contribution in [-0.4, -0.2) is 30.8 Å². The minimum Gasteiger partial charge on any atom is -0.403 e. The third kappa shape index (κ3) is 6.21. The van der Waals surface area contributed by atoms with Gasteiger partial charge in [-0.25, -0.2) is 5.48 Å². The molecular weight excluding hydrogens is 364 g/mol. The van der Waals surface area contributed by atoms with E-state index < -0.39 is 11.2 Å². The second-order valence-corrected chi connectivity index (χ2v) is 8.53. The maximum atomic E-state index is 11.4. The van der Waals surface area contributed by atoms with Crippen molar-refractivity contribution in [2.45, 2.75) is 77.3 Å². The van der Waals surface area contributed by atoms with Crippen molar-refractivity contribution in [2.24, 2.45) is 0 Å². The fourth-order valence-corrected chi connectivity index (χ4v) is 3.15. The third-order valence-corrected chi connectivity index (χ3v) is 5.63. The van der Waals surface area contributed by atoms with Crippen molar-refractivity contribution in [3.8, 4) is 0 Å². The highest BCUT2D eigenvalue weighted by atomic mass is 35.5. The maximum Gasteiger partial charge on any atom is 0.463 e. The number of aryl methyl sites for hydroxylation is 1. The molecule has 0 bridgehead atoms. The lowest BCUT2D eigenvalue weighted by atomic mass is 9.69. The van der Waals surface area contributed by atoms with Gasteiger partial charge in [0.05, 0.1) is 17.8 Å². The third-order valence-electron chi connectivity index (χ3n) is 5.39. The van der Waals surface area contributed by atoms with E-state index >= 15 is 0 Å². The predicted molar refractivity (Wildman–Crippen MR) is 109 cm³/mol. The largest absolute Gasteiger partial charge is 0.463 e. The molecule has 1 amide bonds. The first-order valence-electron chi connectivity index (χ1n) is 9.65. The Kier molecular flexibility index (Phi) is 7.75. The Labute approximate surface area is 168 Å². The Hall–Kier alpha value is -1.08. The molecule has 0 radical (unpaired) electrons. The number of nitrogens with one attached hydrogen (secondary N) is 1. The first kappa shape index (κ1) is 22.2. The molecule has 7 heteroatoms. The minimum atomic E-state index is -0.393. The van der Waals surface area contributed by atoms with Gasteiger partial charge < -0.3 is 9.31 Å². The lowest BCUT2D eigenvalue weighted by molar-refractivity contribution is -0.133. The highest BCUT2D eigenvalue weighted by molar-refractivity contribution is 6.47. The van der Waals surface area contributed by atoms with Crippen LogP contribution in [0.1, 0.15) is 59.4 Å². The molecule has 0 unspecified atom stereocenters. The summed E-state index contributed by atoms with van der Waals surface area (Å²) in [6.45, 7) is 10.3. The van der Waals surface area contributed by atoms with E-state index in [4.69, 9.17) is 25.7 Å². The van der Waals surface area contributed by atoms with Crippen LogP contribution in [0, 0.1) is 0 Å². The summed E-state index contributed by atoms with van der Waals surface area (Å²) in [5.74, 6) is -0.121. The van der Waals surface area contributed by atoms with Crippen LogP contribution in [0.4, 0.5) is 0 Å². The van der Waals surface area contributed by atoms with E-state index in [0.717, 1.165) is 24.3 Å². The number of hydrogen-bond acceptors (Lipinski definition) is 4. The number of rotatable bonds is 9. The van der Waals surface area contributed by atoms with Crippen LogP contribution in [0.2, 0.25) is 10.8 Å². The van der Waals surface area contributed by atoms with E-state index in [0.29, 0.717) is 13.0 Å². The number of benzene rings is 1. The average Bonchev–Trinajstić information content (AvgIpc) is 2.81. The van der Waals surface area contributed by atoms with Crippen LogP contribution in [-0.2, 0) is 25.4 Å². The first-order valence-corrected chi connectivity index (χ1v) is 10.0. The molecule has 1 atom stereocenters. The summed E-state index contributed by atoms with van der Waals surface area (Å²) in [4.78, 5) is 16.9. The van der Waals surface area contributed by atoms with Crippen molar-refractivity contribution in [3.05, 3.63) is 34.9 Å². The van der Waals surface area contributed by atoms with Crippen molar-refractivity contribution in [1.82, 2.24) is 5.48 Å². The predicted octanol–water partition coefficient (Wildman–Crippen LogP) is 4.58. The second kappa shape index (κ2) is 9.42. The standard InChI is InChI=1S/C20H31BClNO4/c1-6-18(24)23-25-14-16(21-26-19(2,3)20(4,5)27-21)11-7-9-15-10-8-12-17(22)13-15/h8,10,12-13,16H,6-7,9,11,14H2,1-5H3,(H,23,24)/t16-/m1/s1. The van der Waals surface area contributed by atoms with Gasteiger partial charge >= 0.3 is 7.12 Å². The van der Waals surface area contributed by atoms with Crippen LogP contribution in [0.25, 0.3) is 0 Å². The molecule has 0 saturated carbocycles. The minimum absolute atomic E-state index is 0.0161. The van der Waals surface area contributed by atoms with Gasteiger partial charge in [0.1, 0.15) is 0 Å². The summed E-state index contributed by atoms with van der Waals surface area (Å²) in [5, 5.41) is 0.751. The lowest BCUT2D eigenvalue weighted by Gasteiger charge is -2.32. The summed E-state index contributed by atoms with van der Waals surface area (Å²) in [5.41, 5.74) is 2.89. The number of carbonyl (C=O) groups excluding carboxylic acids is 1. The molecule has 5 nitrogen and oxygen atoms in total. The van der Waals surface area contributed by atoms with E-state index in [1.54, 1.807) is 6.92 Å². The Morgan fingerprint density at radius 3 is 2.52 bits per heavy atom. The van der Waals surface area contributed by atoms with Gasteiger partial charge in [0.2, 0.25) is 5.91 Å². The van der Waals surface area contributed by atoms with Crippen LogP contribution in [0.3, 0.4) is 0 Å². The fraction of sp³-hybridized carbons (Fsp3) is 0.650. The van der Waals surface area contributed by atoms with E-state index in [2.05, 4.69) is 11.5 Å². The van der Waals surface area contributed by atoms with Crippen LogP contribution >= 0.6 is 11.6 Å². The molecule has 1 heterocycles. The molecule has 2 rings (SSSR count). The van der Waals surface area contributed by atoms with Crippen molar-refractivity contribution < 1.29 is 18.9 Å². The lowest BCUT2D eigenvalue weighted by Crippen LogP contribution is -2.41. The highest BCUT2D eigenvalue weighted by Crippen LogP contribution is 2.41. The quantitative estimate of drug-likeness (QED) is 0.491. The summed E-state index contributed by atoms with van der Waals surface area (Å²) >= 11 is 6.06. The van der Waals surface area contributed by atoms with Gasteiger partial charge in [0.15, 0.2) is 0 Å². The zero-order valence-electron chi connectivity index (χ0n) is 17.0. The topological polar surface area (TPSA) is 56.8 Å². The van der Waals surface area contributed by atoms with Crippen LogP contribution in [0.15, 0.2) is 24.3 Å². The number of halogens is 1. The van der Waals surface area contributed by atoms with Gasteiger partial charge in [0.25, 0.3) is 0 Å². The van der Waals surface area contributed by atoms with Crippen molar-refractivity contribution >= 4 is 24.6 Å². The summed E-state index contributed by atoms with van der Waals surface area (Å²) in [6.07, 6.45) is 3.10. The van der Waals surface area contributed by atoms with Gasteiger partial charge in [-0.1, -0.05) is 30.7 Å². The van der Waals surface area contributed by atoms with Gasteiger partial charge in [-0.15, -0.1) is 0 Å². The fourth-order valence-electron chi connectivity index (χ4n) is 2.94. The Morgan fingerprint density at radius 2 is 1.93 bits per heavy atom. The number of carbonyl (C=O) groups is 1. The Balaban J connectivity index is 1.96. The number of hydrogen-bond donors (Lipinski definition) is 1. The first-order chi connectivity index (χ1) is 12.6. The summed E-state index contributed by atoms with van der Waals surface area (Å²) in [7, 11) is -0.368. The molecule has 27 heavy (non-hydrogen) atoms. The van der Waals surface area contributed by atoms with E-state index in [1.165, 1.54) is 5.56 Å². The Morgan fingerprint density at radius 1 is 1.26 bits per heavy atom. The van der Waals surface area contributed by atoms with E-state index in [1.807, 2.05) is 45.9 Å². The van der Waals surface area contributed by atoms with Crippen molar-refractivity contribution in [3.63, 3.8) is 0 Å². The smallest absolute Gasteiger partial charge is 0.403 e. The molecule has 1 N–H and O–H groups in total. The molecular formula is C20H31BClNO4.